The summed E-state index contributed by atoms with van der Waals surface area (Å²) in [7, 11) is 0. The fraction of sp³-hybridized carbons (Fsp3) is 0. The van der Waals surface area contributed by atoms with E-state index in [1.165, 1.54) is 65.5 Å². The highest BCUT2D eigenvalue weighted by Gasteiger charge is 2.19. The standard InChI is InChI=1S/C46H28N2O/c1-2-13-32(14-3-1)47-40-18-8-6-15-35(40)38-27-39-37-25-30-11-4-5-12-31(30)26-41(37)48(43(39)28-42(38)47)33-23-21-29(22-24-33)34-17-10-20-45-46(34)36-16-7-9-19-44(36)49-45/h1-28H. The van der Waals surface area contributed by atoms with Gasteiger partial charge in [-0.3, -0.25) is 0 Å². The molecule has 0 aliphatic rings. The van der Waals surface area contributed by atoms with Crippen LogP contribution in [0.2, 0.25) is 0 Å². The van der Waals surface area contributed by atoms with Gasteiger partial charge in [-0.05, 0) is 88.6 Å². The molecule has 11 rings (SSSR count). The fourth-order valence-electron chi connectivity index (χ4n) is 8.10. The van der Waals surface area contributed by atoms with E-state index in [0.717, 1.165) is 33.3 Å². The highest BCUT2D eigenvalue weighted by molar-refractivity contribution is 6.21. The minimum Gasteiger partial charge on any atom is -0.456 e. The molecule has 0 bridgehead atoms. The van der Waals surface area contributed by atoms with Gasteiger partial charge in [0.2, 0.25) is 0 Å². The van der Waals surface area contributed by atoms with Crippen LogP contribution >= 0.6 is 0 Å². The van der Waals surface area contributed by atoms with Crippen LogP contribution in [0.4, 0.5) is 0 Å². The van der Waals surface area contributed by atoms with E-state index >= 15 is 0 Å². The Morgan fingerprint density at radius 3 is 1.78 bits per heavy atom. The molecule has 3 aromatic heterocycles. The topological polar surface area (TPSA) is 23.0 Å². The van der Waals surface area contributed by atoms with Crippen molar-refractivity contribution in [2.75, 3.05) is 0 Å². The maximum Gasteiger partial charge on any atom is 0.136 e. The van der Waals surface area contributed by atoms with Crippen molar-refractivity contribution in [1.29, 1.82) is 0 Å². The van der Waals surface area contributed by atoms with Gasteiger partial charge in [0.15, 0.2) is 0 Å². The zero-order chi connectivity index (χ0) is 32.1. The largest absolute Gasteiger partial charge is 0.456 e. The molecule has 49 heavy (non-hydrogen) atoms. The number of fused-ring (bicyclic) bond motifs is 10. The third-order valence-corrected chi connectivity index (χ3v) is 10.3. The molecule has 0 unspecified atom stereocenters. The van der Waals surface area contributed by atoms with Gasteiger partial charge in [0, 0.05) is 43.7 Å². The van der Waals surface area contributed by atoms with Crippen LogP contribution in [0, 0.1) is 0 Å². The van der Waals surface area contributed by atoms with Crippen molar-refractivity contribution in [1.82, 2.24) is 9.13 Å². The van der Waals surface area contributed by atoms with Gasteiger partial charge in [-0.25, -0.2) is 0 Å². The average molecular weight is 625 g/mol. The van der Waals surface area contributed by atoms with E-state index in [1.54, 1.807) is 0 Å². The van der Waals surface area contributed by atoms with Gasteiger partial charge in [0.25, 0.3) is 0 Å². The van der Waals surface area contributed by atoms with Crippen LogP contribution in [0.1, 0.15) is 0 Å². The molecule has 0 aliphatic heterocycles. The third-order valence-electron chi connectivity index (χ3n) is 10.3. The number of para-hydroxylation sites is 3. The van der Waals surface area contributed by atoms with Crippen molar-refractivity contribution in [2.24, 2.45) is 0 Å². The minimum atomic E-state index is 0.912. The molecule has 3 nitrogen and oxygen atoms in total. The second-order valence-electron chi connectivity index (χ2n) is 13.0. The van der Waals surface area contributed by atoms with Gasteiger partial charge < -0.3 is 13.6 Å². The van der Waals surface area contributed by atoms with E-state index < -0.39 is 0 Å². The summed E-state index contributed by atoms with van der Waals surface area (Å²) < 4.78 is 11.1. The van der Waals surface area contributed by atoms with Gasteiger partial charge in [-0.2, -0.15) is 0 Å². The lowest BCUT2D eigenvalue weighted by Crippen LogP contribution is -1.96. The first kappa shape index (κ1) is 26.5. The molecule has 0 spiro atoms. The van der Waals surface area contributed by atoms with Gasteiger partial charge in [-0.15, -0.1) is 0 Å². The van der Waals surface area contributed by atoms with Crippen molar-refractivity contribution in [3.8, 4) is 22.5 Å². The Balaban J connectivity index is 1.20. The third kappa shape index (κ3) is 3.78. The molecule has 228 valence electrons. The maximum absolute atomic E-state index is 6.22. The highest BCUT2D eigenvalue weighted by Crippen LogP contribution is 2.42. The summed E-state index contributed by atoms with van der Waals surface area (Å²) in [5.74, 6) is 0. The molecular formula is C46H28N2O. The minimum absolute atomic E-state index is 0.912. The summed E-state index contributed by atoms with van der Waals surface area (Å²) in [5, 5.41) is 9.81. The Bertz CT molecular complexity index is 3090. The molecule has 11 aromatic rings. The molecule has 0 fully saturated rings. The Morgan fingerprint density at radius 2 is 0.939 bits per heavy atom. The molecule has 0 atom stereocenters. The van der Waals surface area contributed by atoms with Crippen LogP contribution < -0.4 is 0 Å². The van der Waals surface area contributed by atoms with Crippen LogP contribution in [0.5, 0.6) is 0 Å². The van der Waals surface area contributed by atoms with Crippen LogP contribution in [-0.4, -0.2) is 9.13 Å². The molecule has 8 aromatic carbocycles. The fourth-order valence-corrected chi connectivity index (χ4v) is 8.10. The lowest BCUT2D eigenvalue weighted by Gasteiger charge is -2.11. The number of benzene rings is 8. The van der Waals surface area contributed by atoms with Crippen molar-refractivity contribution in [3.63, 3.8) is 0 Å². The number of nitrogens with zero attached hydrogens (tertiary/aromatic N) is 2. The monoisotopic (exact) mass is 624 g/mol. The SMILES string of the molecule is c1ccc(-n2c3ccccc3c3cc4c5cc6ccccc6cc5n(-c5ccc(-c6cccc7oc8ccccc8c67)cc5)c4cc32)cc1. The number of furan rings is 1. The summed E-state index contributed by atoms with van der Waals surface area (Å²) in [6, 6.07) is 61.4. The van der Waals surface area contributed by atoms with E-state index in [2.05, 4.69) is 167 Å². The van der Waals surface area contributed by atoms with Crippen LogP contribution in [0.25, 0.3) is 98.8 Å². The molecule has 0 saturated heterocycles. The molecular weight excluding hydrogens is 597 g/mol. The van der Waals surface area contributed by atoms with E-state index in [4.69, 9.17) is 4.42 Å². The van der Waals surface area contributed by atoms with Crippen LogP contribution in [0.15, 0.2) is 174 Å². The predicted octanol–water partition coefficient (Wildman–Crippen LogP) is 12.6. The molecule has 0 radical (unpaired) electrons. The zero-order valence-electron chi connectivity index (χ0n) is 26.5. The second-order valence-corrected chi connectivity index (χ2v) is 13.0. The lowest BCUT2D eigenvalue weighted by atomic mass is 9.99. The number of hydrogen-bond acceptors (Lipinski definition) is 1. The first-order valence-corrected chi connectivity index (χ1v) is 16.8. The Labute approximate surface area is 281 Å². The van der Waals surface area contributed by atoms with Crippen molar-refractivity contribution in [2.45, 2.75) is 0 Å². The van der Waals surface area contributed by atoms with Crippen molar-refractivity contribution >= 4 is 76.3 Å². The summed E-state index contributed by atoms with van der Waals surface area (Å²) >= 11 is 0. The Morgan fingerprint density at radius 1 is 0.347 bits per heavy atom. The predicted molar refractivity (Wildman–Crippen MR) is 205 cm³/mol. The summed E-state index contributed by atoms with van der Waals surface area (Å²) in [6.07, 6.45) is 0. The molecule has 3 heteroatoms. The molecule has 0 aliphatic carbocycles. The maximum atomic E-state index is 6.22. The molecule has 0 amide bonds. The van der Waals surface area contributed by atoms with Gasteiger partial charge >= 0.3 is 0 Å². The van der Waals surface area contributed by atoms with E-state index in [0.29, 0.717) is 0 Å². The molecule has 0 saturated carbocycles. The van der Waals surface area contributed by atoms with E-state index in [-0.39, 0.29) is 0 Å². The summed E-state index contributed by atoms with van der Waals surface area (Å²) in [4.78, 5) is 0. The number of aromatic nitrogens is 2. The van der Waals surface area contributed by atoms with Gasteiger partial charge in [-0.1, -0.05) is 103 Å². The Hall–Kier alpha value is -6.58. The highest BCUT2D eigenvalue weighted by atomic mass is 16.3. The second kappa shape index (κ2) is 9.96. The Kier molecular flexibility index (Phi) is 5.38. The smallest absolute Gasteiger partial charge is 0.136 e. The normalized spacial score (nSPS) is 12.1. The quantitative estimate of drug-likeness (QED) is 0.192. The number of hydrogen-bond donors (Lipinski definition) is 0. The first-order chi connectivity index (χ1) is 24.3. The molecule has 3 heterocycles. The first-order valence-electron chi connectivity index (χ1n) is 16.8. The van der Waals surface area contributed by atoms with Crippen molar-refractivity contribution in [3.05, 3.63) is 170 Å². The zero-order valence-corrected chi connectivity index (χ0v) is 26.5. The summed E-state index contributed by atoms with van der Waals surface area (Å²) in [5.41, 5.74) is 11.3. The number of rotatable bonds is 3. The summed E-state index contributed by atoms with van der Waals surface area (Å²) in [6.45, 7) is 0. The van der Waals surface area contributed by atoms with Crippen LogP contribution in [0.3, 0.4) is 0 Å². The van der Waals surface area contributed by atoms with Gasteiger partial charge in [0.1, 0.15) is 11.2 Å². The average Bonchev–Trinajstić information content (AvgIpc) is 3.80. The molecule has 0 N–H and O–H groups in total. The van der Waals surface area contributed by atoms with E-state index in [9.17, 15) is 0 Å². The van der Waals surface area contributed by atoms with Crippen molar-refractivity contribution < 1.29 is 4.42 Å². The lowest BCUT2D eigenvalue weighted by molar-refractivity contribution is 0.669. The van der Waals surface area contributed by atoms with E-state index in [1.807, 2.05) is 12.1 Å². The van der Waals surface area contributed by atoms with Crippen LogP contribution in [-0.2, 0) is 0 Å². The van der Waals surface area contributed by atoms with Gasteiger partial charge in [0.05, 0.1) is 22.1 Å².